The van der Waals surface area contributed by atoms with Crippen molar-refractivity contribution in [2.75, 3.05) is 11.9 Å². The van der Waals surface area contributed by atoms with Gasteiger partial charge in [0.05, 0.1) is 12.3 Å². The van der Waals surface area contributed by atoms with Crippen molar-refractivity contribution < 1.29 is 28.6 Å². The van der Waals surface area contributed by atoms with Crippen molar-refractivity contribution in [2.45, 2.75) is 58.1 Å². The van der Waals surface area contributed by atoms with Crippen molar-refractivity contribution in [3.63, 3.8) is 0 Å². The van der Waals surface area contributed by atoms with Crippen LogP contribution in [-0.4, -0.2) is 46.8 Å². The molecule has 0 saturated heterocycles. The summed E-state index contributed by atoms with van der Waals surface area (Å²) in [4.78, 5) is 36.5. The van der Waals surface area contributed by atoms with E-state index in [2.05, 4.69) is 15.7 Å². The summed E-state index contributed by atoms with van der Waals surface area (Å²) in [5, 5.41) is 9.60. The highest BCUT2D eigenvalue weighted by atomic mass is 16.6. The number of hydrogen-bond acceptors (Lipinski definition) is 7. The number of nitrogens with zero attached hydrogens (tertiary/aromatic N) is 2. The Morgan fingerprint density at radius 3 is 2.59 bits per heavy atom. The third-order valence-electron chi connectivity index (χ3n) is 4.84. The maximum absolute atomic E-state index is 12.4. The van der Waals surface area contributed by atoms with Crippen LogP contribution in [0.1, 0.15) is 51.6 Å². The maximum atomic E-state index is 12.4. The Morgan fingerprint density at radius 2 is 1.91 bits per heavy atom. The van der Waals surface area contributed by atoms with E-state index in [-0.39, 0.29) is 30.5 Å². The van der Waals surface area contributed by atoms with Crippen molar-refractivity contribution in [1.82, 2.24) is 15.1 Å². The van der Waals surface area contributed by atoms with Gasteiger partial charge >= 0.3 is 18.3 Å². The second-order valence-electron chi connectivity index (χ2n) is 7.73. The first-order valence-electron chi connectivity index (χ1n) is 10.6. The Hall–Kier alpha value is -3.56. The highest BCUT2D eigenvalue weighted by Gasteiger charge is 2.32. The standard InChI is InChI=1S/C22H28N4O6/c1-4-30-22(29)26-19(24-21(28)31-16-8-6-5-7-9-16)13-18(25-26)15-10-11-17(12-15)32-20(27)23-14(2)3/h5-9,13-15,17H,4,10-12H2,1-3H3,(H,23,27)(H,24,28)/t15-,17+/m0/s1. The van der Waals surface area contributed by atoms with Gasteiger partial charge < -0.3 is 19.5 Å². The number of aromatic nitrogens is 2. The molecule has 0 spiro atoms. The number of para-hydroxylation sites is 1. The third kappa shape index (κ3) is 6.22. The first-order chi connectivity index (χ1) is 15.4. The van der Waals surface area contributed by atoms with Gasteiger partial charge in [-0.05, 0) is 52.2 Å². The topological polar surface area (TPSA) is 121 Å². The number of carbonyl (C=O) groups excluding carboxylic acids is 3. The van der Waals surface area contributed by atoms with Crippen molar-refractivity contribution in [1.29, 1.82) is 0 Å². The highest BCUT2D eigenvalue weighted by Crippen LogP contribution is 2.36. The number of alkyl carbamates (subject to hydrolysis) is 1. The van der Waals surface area contributed by atoms with Crippen LogP contribution in [0.5, 0.6) is 5.75 Å². The molecule has 1 aliphatic carbocycles. The van der Waals surface area contributed by atoms with Gasteiger partial charge in [-0.25, -0.2) is 14.4 Å². The number of amides is 2. The van der Waals surface area contributed by atoms with Crippen LogP contribution in [0.25, 0.3) is 0 Å². The number of benzene rings is 1. The number of rotatable bonds is 6. The summed E-state index contributed by atoms with van der Waals surface area (Å²) in [5.41, 5.74) is 0.600. The Balaban J connectivity index is 1.70. The van der Waals surface area contributed by atoms with Gasteiger partial charge in [0.1, 0.15) is 17.7 Å². The smallest absolute Gasteiger partial charge is 0.436 e. The number of nitrogens with one attached hydrogen (secondary N) is 2. The van der Waals surface area contributed by atoms with E-state index in [0.717, 1.165) is 11.1 Å². The lowest BCUT2D eigenvalue weighted by molar-refractivity contribution is 0.0981. The summed E-state index contributed by atoms with van der Waals surface area (Å²) in [6.45, 7) is 5.56. The third-order valence-corrected chi connectivity index (χ3v) is 4.84. The fourth-order valence-corrected chi connectivity index (χ4v) is 3.47. The monoisotopic (exact) mass is 444 g/mol. The minimum atomic E-state index is -0.758. The first kappa shape index (κ1) is 23.1. The molecule has 2 atom stereocenters. The van der Waals surface area contributed by atoms with Gasteiger partial charge in [0.2, 0.25) is 0 Å². The first-order valence-corrected chi connectivity index (χ1v) is 10.6. The molecular weight excluding hydrogens is 416 g/mol. The molecule has 2 amide bonds. The van der Waals surface area contributed by atoms with Crippen LogP contribution in [0.15, 0.2) is 36.4 Å². The molecule has 2 N–H and O–H groups in total. The second kappa shape index (κ2) is 10.7. The molecule has 1 fully saturated rings. The average Bonchev–Trinajstić information content (AvgIpc) is 3.35. The van der Waals surface area contributed by atoms with Gasteiger partial charge in [-0.1, -0.05) is 18.2 Å². The van der Waals surface area contributed by atoms with Crippen molar-refractivity contribution in [2.24, 2.45) is 0 Å². The SMILES string of the molecule is CCOC(=O)n1nc([C@H]2CC[C@@H](OC(=O)NC(C)C)C2)cc1NC(=O)Oc1ccccc1. The number of carbonyl (C=O) groups is 3. The lowest BCUT2D eigenvalue weighted by Gasteiger charge is -2.14. The minimum absolute atomic E-state index is 0.00995. The molecular formula is C22H28N4O6. The Morgan fingerprint density at radius 1 is 1.16 bits per heavy atom. The van der Waals surface area contributed by atoms with E-state index in [1.54, 1.807) is 43.3 Å². The Bertz CT molecular complexity index is 943. The van der Waals surface area contributed by atoms with E-state index in [9.17, 15) is 14.4 Å². The number of anilines is 1. The minimum Gasteiger partial charge on any atom is -0.448 e. The van der Waals surface area contributed by atoms with E-state index in [1.165, 1.54) is 0 Å². The summed E-state index contributed by atoms with van der Waals surface area (Å²) in [6.07, 6.45) is -0.185. The van der Waals surface area contributed by atoms with Gasteiger partial charge in [0.15, 0.2) is 0 Å². The Kier molecular flexibility index (Phi) is 7.69. The van der Waals surface area contributed by atoms with Gasteiger partial charge in [0, 0.05) is 18.0 Å². The lowest BCUT2D eigenvalue weighted by atomic mass is 10.0. The summed E-state index contributed by atoms with van der Waals surface area (Å²) in [7, 11) is 0. The number of hydrogen-bond donors (Lipinski definition) is 2. The van der Waals surface area contributed by atoms with E-state index in [4.69, 9.17) is 14.2 Å². The van der Waals surface area contributed by atoms with Crippen LogP contribution in [0.2, 0.25) is 0 Å². The molecule has 2 aromatic rings. The zero-order valence-corrected chi connectivity index (χ0v) is 18.4. The molecule has 10 nitrogen and oxygen atoms in total. The van der Waals surface area contributed by atoms with E-state index < -0.39 is 18.3 Å². The predicted octanol–water partition coefficient (Wildman–Crippen LogP) is 4.27. The molecule has 1 aromatic carbocycles. The van der Waals surface area contributed by atoms with E-state index in [0.29, 0.717) is 24.3 Å². The quantitative estimate of drug-likeness (QED) is 0.682. The molecule has 0 radical (unpaired) electrons. The van der Waals surface area contributed by atoms with Crippen LogP contribution < -0.4 is 15.4 Å². The molecule has 1 saturated carbocycles. The molecule has 172 valence electrons. The average molecular weight is 444 g/mol. The normalized spacial score (nSPS) is 17.6. The van der Waals surface area contributed by atoms with Crippen LogP contribution in [0.3, 0.4) is 0 Å². The van der Waals surface area contributed by atoms with Crippen LogP contribution >= 0.6 is 0 Å². The summed E-state index contributed by atoms with van der Waals surface area (Å²) < 4.78 is 16.7. The molecule has 3 rings (SSSR count). The number of ether oxygens (including phenoxy) is 3. The van der Waals surface area contributed by atoms with Crippen LogP contribution in [0, 0.1) is 0 Å². The van der Waals surface area contributed by atoms with Crippen LogP contribution in [-0.2, 0) is 9.47 Å². The summed E-state index contributed by atoms with van der Waals surface area (Å²) in [5.74, 6) is 0.470. The fourth-order valence-electron chi connectivity index (χ4n) is 3.47. The summed E-state index contributed by atoms with van der Waals surface area (Å²) >= 11 is 0. The van der Waals surface area contributed by atoms with Gasteiger partial charge in [-0.15, -0.1) is 4.68 Å². The molecule has 1 heterocycles. The van der Waals surface area contributed by atoms with Gasteiger partial charge in [0.25, 0.3) is 0 Å². The van der Waals surface area contributed by atoms with E-state index >= 15 is 0 Å². The highest BCUT2D eigenvalue weighted by molar-refractivity contribution is 5.88. The summed E-state index contributed by atoms with van der Waals surface area (Å²) in [6, 6.07) is 10.2. The van der Waals surface area contributed by atoms with Gasteiger partial charge in [-0.3, -0.25) is 5.32 Å². The zero-order chi connectivity index (χ0) is 23.1. The van der Waals surface area contributed by atoms with Crippen molar-refractivity contribution in [3.05, 3.63) is 42.1 Å². The van der Waals surface area contributed by atoms with E-state index in [1.807, 2.05) is 13.8 Å². The van der Waals surface area contributed by atoms with Crippen molar-refractivity contribution in [3.8, 4) is 5.75 Å². The molecule has 1 aliphatic rings. The molecule has 0 aliphatic heterocycles. The van der Waals surface area contributed by atoms with Crippen molar-refractivity contribution >= 4 is 24.1 Å². The van der Waals surface area contributed by atoms with Gasteiger partial charge in [-0.2, -0.15) is 5.10 Å². The molecule has 0 bridgehead atoms. The molecule has 32 heavy (non-hydrogen) atoms. The molecule has 0 unspecified atom stereocenters. The maximum Gasteiger partial charge on any atom is 0.436 e. The lowest BCUT2D eigenvalue weighted by Crippen LogP contribution is -2.33. The largest absolute Gasteiger partial charge is 0.448 e. The zero-order valence-electron chi connectivity index (χ0n) is 18.4. The predicted molar refractivity (Wildman–Crippen MR) is 116 cm³/mol. The molecule has 10 heteroatoms. The Labute approximate surface area is 186 Å². The second-order valence-corrected chi connectivity index (χ2v) is 7.73. The fraction of sp³-hybridized carbons (Fsp3) is 0.455. The molecule has 1 aromatic heterocycles. The van der Waals surface area contributed by atoms with Crippen LogP contribution in [0.4, 0.5) is 20.2 Å².